The second kappa shape index (κ2) is 8.12. The lowest BCUT2D eigenvalue weighted by Gasteiger charge is -2.27. The second-order valence-electron chi connectivity index (χ2n) is 6.13. The average molecular weight is 363 g/mol. The maximum absolute atomic E-state index is 12.2. The molecule has 134 valence electrons. The van der Waals surface area contributed by atoms with Crippen molar-refractivity contribution >= 4 is 17.6 Å². The molecule has 2 amide bonds. The third kappa shape index (κ3) is 5.03. The van der Waals surface area contributed by atoms with E-state index in [1.165, 1.54) is 0 Å². The fourth-order valence-electron chi connectivity index (χ4n) is 2.44. The van der Waals surface area contributed by atoms with Crippen LogP contribution in [0.25, 0.3) is 0 Å². The first-order valence-corrected chi connectivity index (χ1v) is 8.26. The van der Waals surface area contributed by atoms with Crippen molar-refractivity contribution in [2.45, 2.75) is 25.9 Å². The number of rotatable bonds is 6. The fourth-order valence-corrected chi connectivity index (χ4v) is 2.57. The van der Waals surface area contributed by atoms with E-state index in [-0.39, 0.29) is 6.03 Å². The molecule has 0 saturated carbocycles. The van der Waals surface area contributed by atoms with Gasteiger partial charge in [0, 0.05) is 11.6 Å². The van der Waals surface area contributed by atoms with Gasteiger partial charge in [-0.2, -0.15) is 0 Å². The predicted octanol–water partition coefficient (Wildman–Crippen LogP) is 4.09. The number of methoxy groups -OCH3 is 2. The molecule has 25 heavy (non-hydrogen) atoms. The van der Waals surface area contributed by atoms with E-state index < -0.39 is 5.54 Å². The number of ether oxygens (including phenoxy) is 2. The van der Waals surface area contributed by atoms with Crippen molar-refractivity contribution in [2.24, 2.45) is 0 Å². The van der Waals surface area contributed by atoms with Crippen molar-refractivity contribution in [3.63, 3.8) is 0 Å². The van der Waals surface area contributed by atoms with E-state index in [0.717, 1.165) is 11.1 Å². The highest BCUT2D eigenvalue weighted by molar-refractivity contribution is 6.30. The van der Waals surface area contributed by atoms with Crippen molar-refractivity contribution in [1.29, 1.82) is 0 Å². The van der Waals surface area contributed by atoms with E-state index in [0.29, 0.717) is 23.1 Å². The molecule has 5 nitrogen and oxygen atoms in total. The normalized spacial score (nSPS) is 10.9. The van der Waals surface area contributed by atoms with Gasteiger partial charge in [0.1, 0.15) is 0 Å². The van der Waals surface area contributed by atoms with Crippen LogP contribution < -0.4 is 20.1 Å². The van der Waals surface area contributed by atoms with E-state index in [9.17, 15) is 4.79 Å². The van der Waals surface area contributed by atoms with Gasteiger partial charge in [0.2, 0.25) is 0 Å². The van der Waals surface area contributed by atoms with Gasteiger partial charge in [-0.15, -0.1) is 0 Å². The van der Waals surface area contributed by atoms with Gasteiger partial charge < -0.3 is 20.1 Å². The zero-order valence-electron chi connectivity index (χ0n) is 14.9. The summed E-state index contributed by atoms with van der Waals surface area (Å²) in [5.74, 6) is 1.28. The van der Waals surface area contributed by atoms with Gasteiger partial charge >= 0.3 is 6.03 Å². The Morgan fingerprint density at radius 3 is 2.28 bits per heavy atom. The third-order valence-electron chi connectivity index (χ3n) is 3.89. The number of urea groups is 1. The quantitative estimate of drug-likeness (QED) is 0.813. The van der Waals surface area contributed by atoms with Crippen LogP contribution >= 0.6 is 11.6 Å². The topological polar surface area (TPSA) is 59.6 Å². The Kier molecular flexibility index (Phi) is 6.15. The van der Waals surface area contributed by atoms with E-state index in [4.69, 9.17) is 21.1 Å². The molecule has 0 aliphatic heterocycles. The molecular weight excluding hydrogens is 340 g/mol. The van der Waals surface area contributed by atoms with Crippen LogP contribution in [-0.2, 0) is 12.1 Å². The lowest BCUT2D eigenvalue weighted by atomic mass is 9.94. The van der Waals surface area contributed by atoms with Gasteiger partial charge in [0.25, 0.3) is 0 Å². The van der Waals surface area contributed by atoms with Gasteiger partial charge in [0.05, 0.1) is 19.8 Å². The van der Waals surface area contributed by atoms with Crippen LogP contribution in [0.5, 0.6) is 11.5 Å². The Bertz CT molecular complexity index is 730. The molecule has 0 aliphatic carbocycles. The molecule has 0 radical (unpaired) electrons. The Morgan fingerprint density at radius 1 is 1.04 bits per heavy atom. The molecule has 0 atom stereocenters. The first-order chi connectivity index (χ1) is 11.9. The zero-order chi connectivity index (χ0) is 18.4. The summed E-state index contributed by atoms with van der Waals surface area (Å²) in [6, 6.07) is 12.7. The molecular formula is C19H23ClN2O3. The number of halogens is 1. The molecule has 0 spiro atoms. The van der Waals surface area contributed by atoms with Crippen LogP contribution in [0, 0.1) is 0 Å². The van der Waals surface area contributed by atoms with Crippen molar-refractivity contribution in [3.8, 4) is 11.5 Å². The molecule has 2 rings (SSSR count). The summed E-state index contributed by atoms with van der Waals surface area (Å²) in [5, 5.41) is 6.48. The van der Waals surface area contributed by atoms with Crippen molar-refractivity contribution < 1.29 is 14.3 Å². The number of carbonyl (C=O) groups is 1. The van der Waals surface area contributed by atoms with Crippen LogP contribution in [0.1, 0.15) is 25.0 Å². The molecule has 0 heterocycles. The minimum Gasteiger partial charge on any atom is -0.493 e. The summed E-state index contributed by atoms with van der Waals surface area (Å²) in [6.45, 7) is 4.25. The average Bonchev–Trinajstić information content (AvgIpc) is 2.59. The number of benzene rings is 2. The van der Waals surface area contributed by atoms with Gasteiger partial charge in [-0.3, -0.25) is 0 Å². The van der Waals surface area contributed by atoms with Crippen molar-refractivity contribution in [1.82, 2.24) is 10.6 Å². The minimum atomic E-state index is -0.522. The van der Waals surface area contributed by atoms with E-state index in [1.54, 1.807) is 14.2 Å². The molecule has 0 aliphatic rings. The predicted molar refractivity (Wildman–Crippen MR) is 99.4 cm³/mol. The van der Waals surface area contributed by atoms with E-state index >= 15 is 0 Å². The maximum atomic E-state index is 12.2. The number of nitrogens with one attached hydrogen (secondary N) is 2. The van der Waals surface area contributed by atoms with Crippen LogP contribution in [0.4, 0.5) is 4.79 Å². The smallest absolute Gasteiger partial charge is 0.315 e. The highest BCUT2D eigenvalue weighted by Crippen LogP contribution is 2.27. The number of carbonyl (C=O) groups excluding carboxylic acids is 1. The Hall–Kier alpha value is -2.40. The van der Waals surface area contributed by atoms with Gasteiger partial charge in [-0.1, -0.05) is 29.8 Å². The summed E-state index contributed by atoms with van der Waals surface area (Å²) in [4.78, 5) is 12.2. The highest BCUT2D eigenvalue weighted by atomic mass is 35.5. The number of hydrogen-bond donors (Lipinski definition) is 2. The van der Waals surface area contributed by atoms with Gasteiger partial charge in [-0.25, -0.2) is 4.79 Å². The molecule has 2 aromatic rings. The molecule has 2 aromatic carbocycles. The summed E-state index contributed by atoms with van der Waals surface area (Å²) in [5.41, 5.74) is 1.36. The van der Waals surface area contributed by atoms with Crippen LogP contribution in [0.2, 0.25) is 5.02 Å². The van der Waals surface area contributed by atoms with Crippen LogP contribution in [-0.4, -0.2) is 20.3 Å². The summed E-state index contributed by atoms with van der Waals surface area (Å²) in [7, 11) is 3.17. The molecule has 0 aromatic heterocycles. The molecule has 2 N–H and O–H groups in total. The molecule has 0 bridgehead atoms. The molecule has 0 fully saturated rings. The monoisotopic (exact) mass is 362 g/mol. The zero-order valence-corrected chi connectivity index (χ0v) is 15.6. The summed E-state index contributed by atoms with van der Waals surface area (Å²) < 4.78 is 10.5. The minimum absolute atomic E-state index is 0.255. The molecule has 0 saturated heterocycles. The Labute approximate surface area is 153 Å². The summed E-state index contributed by atoms with van der Waals surface area (Å²) >= 11 is 5.91. The van der Waals surface area contributed by atoms with E-state index in [1.807, 2.05) is 56.3 Å². The molecule has 6 heteroatoms. The van der Waals surface area contributed by atoms with Crippen molar-refractivity contribution in [3.05, 3.63) is 58.6 Å². The lowest BCUT2D eigenvalue weighted by molar-refractivity contribution is 0.229. The van der Waals surface area contributed by atoms with Crippen molar-refractivity contribution in [2.75, 3.05) is 14.2 Å². The Morgan fingerprint density at radius 2 is 1.68 bits per heavy atom. The number of amides is 2. The largest absolute Gasteiger partial charge is 0.493 e. The van der Waals surface area contributed by atoms with Crippen LogP contribution in [0.3, 0.4) is 0 Å². The SMILES string of the molecule is COc1ccc(CNC(=O)NC(C)(C)c2ccc(Cl)cc2)cc1OC. The third-order valence-corrected chi connectivity index (χ3v) is 4.14. The molecule has 0 unspecified atom stereocenters. The summed E-state index contributed by atoms with van der Waals surface area (Å²) in [6.07, 6.45) is 0. The van der Waals surface area contributed by atoms with E-state index in [2.05, 4.69) is 10.6 Å². The fraction of sp³-hybridized carbons (Fsp3) is 0.316. The highest BCUT2D eigenvalue weighted by Gasteiger charge is 2.22. The lowest BCUT2D eigenvalue weighted by Crippen LogP contribution is -2.46. The first-order valence-electron chi connectivity index (χ1n) is 7.88. The Balaban J connectivity index is 1.97. The van der Waals surface area contributed by atoms with Gasteiger partial charge in [0.15, 0.2) is 11.5 Å². The maximum Gasteiger partial charge on any atom is 0.315 e. The number of hydrogen-bond acceptors (Lipinski definition) is 3. The van der Waals surface area contributed by atoms with Crippen LogP contribution in [0.15, 0.2) is 42.5 Å². The standard InChI is InChI=1S/C19H23ClN2O3/c1-19(2,14-6-8-15(20)9-7-14)22-18(23)21-12-13-5-10-16(24-3)17(11-13)25-4/h5-11H,12H2,1-4H3,(H2,21,22,23). The first kappa shape index (κ1) is 18.9. The second-order valence-corrected chi connectivity index (χ2v) is 6.57. The van der Waals surface area contributed by atoms with Gasteiger partial charge in [-0.05, 0) is 49.2 Å².